The summed E-state index contributed by atoms with van der Waals surface area (Å²) in [4.78, 5) is 2.78. The molecule has 3 rings (SSSR count). The van der Waals surface area contributed by atoms with Crippen LogP contribution in [0, 0.1) is 17.8 Å². The molecule has 20 heavy (non-hydrogen) atoms. The largest absolute Gasteiger partial charge is 0.316 e. The molecule has 1 aromatic carbocycles. The Bertz CT molecular complexity index is 428. The molecule has 2 aliphatic rings. The van der Waals surface area contributed by atoms with Gasteiger partial charge < -0.3 is 5.32 Å². The van der Waals surface area contributed by atoms with Crippen LogP contribution in [0.4, 0.5) is 0 Å². The number of nitrogens with one attached hydrogen (secondary N) is 1. The van der Waals surface area contributed by atoms with Gasteiger partial charge in [-0.15, -0.1) is 0 Å². The first-order valence-corrected chi connectivity index (χ1v) is 8.18. The summed E-state index contributed by atoms with van der Waals surface area (Å²) < 4.78 is 0. The highest BCUT2D eigenvalue weighted by molar-refractivity contribution is 5.20. The van der Waals surface area contributed by atoms with Crippen LogP contribution in [0.1, 0.15) is 38.8 Å². The molecule has 0 aromatic heterocycles. The minimum Gasteiger partial charge on any atom is -0.316 e. The Morgan fingerprint density at radius 2 is 1.95 bits per heavy atom. The van der Waals surface area contributed by atoms with Crippen LogP contribution in [0.5, 0.6) is 0 Å². The molecular formula is C18H28N2. The van der Waals surface area contributed by atoms with E-state index in [9.17, 15) is 0 Å². The highest BCUT2D eigenvalue weighted by Gasteiger charge is 2.44. The summed E-state index contributed by atoms with van der Waals surface area (Å²) in [7, 11) is 0. The SMILES string of the molecule is CC(C)CC(c1ccccc1)N1CC2CNCC2C1C. The van der Waals surface area contributed by atoms with Gasteiger partial charge in [-0.25, -0.2) is 0 Å². The highest BCUT2D eigenvalue weighted by atomic mass is 15.2. The predicted octanol–water partition coefficient (Wildman–Crippen LogP) is 3.31. The number of hydrogen-bond acceptors (Lipinski definition) is 2. The maximum atomic E-state index is 3.57. The van der Waals surface area contributed by atoms with Crippen molar-refractivity contribution in [3.8, 4) is 0 Å². The summed E-state index contributed by atoms with van der Waals surface area (Å²) in [5.74, 6) is 2.46. The predicted molar refractivity (Wildman–Crippen MR) is 84.7 cm³/mol. The topological polar surface area (TPSA) is 15.3 Å². The molecule has 0 aliphatic carbocycles. The quantitative estimate of drug-likeness (QED) is 0.904. The van der Waals surface area contributed by atoms with Gasteiger partial charge in [-0.05, 0) is 49.8 Å². The third-order valence-electron chi connectivity index (χ3n) is 5.26. The highest BCUT2D eigenvalue weighted by Crippen LogP contribution is 2.40. The summed E-state index contributed by atoms with van der Waals surface area (Å²) >= 11 is 0. The van der Waals surface area contributed by atoms with Gasteiger partial charge >= 0.3 is 0 Å². The van der Waals surface area contributed by atoms with E-state index in [0.29, 0.717) is 12.1 Å². The third kappa shape index (κ3) is 2.64. The molecule has 1 N–H and O–H groups in total. The summed E-state index contributed by atoms with van der Waals surface area (Å²) in [6.45, 7) is 10.8. The molecule has 4 atom stereocenters. The number of rotatable bonds is 4. The van der Waals surface area contributed by atoms with E-state index in [0.717, 1.165) is 17.8 Å². The normalized spacial score (nSPS) is 31.7. The summed E-state index contributed by atoms with van der Waals surface area (Å²) in [5, 5.41) is 3.57. The lowest BCUT2D eigenvalue weighted by molar-refractivity contribution is 0.150. The van der Waals surface area contributed by atoms with Crippen LogP contribution < -0.4 is 5.32 Å². The molecule has 0 saturated carbocycles. The van der Waals surface area contributed by atoms with Crippen molar-refractivity contribution in [3.63, 3.8) is 0 Å². The van der Waals surface area contributed by atoms with E-state index in [2.05, 4.69) is 61.3 Å². The number of nitrogens with zero attached hydrogens (tertiary/aromatic N) is 1. The van der Waals surface area contributed by atoms with Gasteiger partial charge in [-0.2, -0.15) is 0 Å². The lowest BCUT2D eigenvalue weighted by atomic mass is 9.93. The fourth-order valence-corrected chi connectivity index (χ4v) is 4.20. The van der Waals surface area contributed by atoms with Gasteiger partial charge in [0.25, 0.3) is 0 Å². The molecular weight excluding hydrogens is 244 g/mol. The van der Waals surface area contributed by atoms with Crippen LogP contribution in [0.3, 0.4) is 0 Å². The number of likely N-dealkylation sites (tertiary alicyclic amines) is 1. The number of hydrogen-bond donors (Lipinski definition) is 1. The van der Waals surface area contributed by atoms with E-state index in [1.54, 1.807) is 0 Å². The van der Waals surface area contributed by atoms with E-state index < -0.39 is 0 Å². The van der Waals surface area contributed by atoms with Crippen LogP contribution in [-0.2, 0) is 0 Å². The average molecular weight is 272 g/mol. The van der Waals surface area contributed by atoms with Gasteiger partial charge in [0, 0.05) is 18.6 Å². The van der Waals surface area contributed by atoms with Gasteiger partial charge in [0.05, 0.1) is 0 Å². The zero-order valence-corrected chi connectivity index (χ0v) is 13.0. The average Bonchev–Trinajstić information content (AvgIpc) is 3.01. The van der Waals surface area contributed by atoms with Crippen LogP contribution in [0.25, 0.3) is 0 Å². The first-order chi connectivity index (χ1) is 9.66. The van der Waals surface area contributed by atoms with Crippen molar-refractivity contribution in [2.45, 2.75) is 39.3 Å². The molecule has 0 bridgehead atoms. The maximum absolute atomic E-state index is 3.57. The number of benzene rings is 1. The Labute approximate surface area is 123 Å². The molecule has 2 nitrogen and oxygen atoms in total. The molecule has 2 saturated heterocycles. The van der Waals surface area contributed by atoms with Crippen molar-refractivity contribution < 1.29 is 0 Å². The van der Waals surface area contributed by atoms with E-state index >= 15 is 0 Å². The molecule has 2 heteroatoms. The first kappa shape index (κ1) is 14.1. The summed E-state index contributed by atoms with van der Waals surface area (Å²) in [6.07, 6.45) is 1.27. The second-order valence-electron chi connectivity index (χ2n) is 7.08. The molecule has 0 amide bonds. The first-order valence-electron chi connectivity index (χ1n) is 8.18. The van der Waals surface area contributed by atoms with Crippen LogP contribution in [0.2, 0.25) is 0 Å². The fourth-order valence-electron chi connectivity index (χ4n) is 4.20. The molecule has 2 aliphatic heterocycles. The van der Waals surface area contributed by atoms with Crippen molar-refractivity contribution >= 4 is 0 Å². The van der Waals surface area contributed by atoms with Crippen LogP contribution in [-0.4, -0.2) is 30.6 Å². The van der Waals surface area contributed by atoms with Crippen molar-refractivity contribution in [2.24, 2.45) is 17.8 Å². The van der Waals surface area contributed by atoms with E-state index in [-0.39, 0.29) is 0 Å². The van der Waals surface area contributed by atoms with E-state index in [1.165, 1.54) is 31.6 Å². The van der Waals surface area contributed by atoms with Crippen molar-refractivity contribution in [1.82, 2.24) is 10.2 Å². The monoisotopic (exact) mass is 272 g/mol. The molecule has 4 unspecified atom stereocenters. The van der Waals surface area contributed by atoms with Crippen molar-refractivity contribution in [3.05, 3.63) is 35.9 Å². The Morgan fingerprint density at radius 3 is 2.60 bits per heavy atom. The standard InChI is InChI=1S/C18H28N2/c1-13(2)9-18(15-7-5-4-6-8-15)20-12-16-10-19-11-17(16)14(20)3/h4-8,13-14,16-19H,9-12H2,1-3H3. The number of fused-ring (bicyclic) bond motifs is 1. The molecule has 0 radical (unpaired) electrons. The van der Waals surface area contributed by atoms with Gasteiger partial charge in [0.1, 0.15) is 0 Å². The van der Waals surface area contributed by atoms with Gasteiger partial charge in [0.15, 0.2) is 0 Å². The summed E-state index contributed by atoms with van der Waals surface area (Å²) in [6, 6.07) is 12.4. The lowest BCUT2D eigenvalue weighted by Gasteiger charge is -2.34. The zero-order chi connectivity index (χ0) is 14.1. The Morgan fingerprint density at radius 1 is 1.20 bits per heavy atom. The van der Waals surface area contributed by atoms with Gasteiger partial charge in [0.2, 0.25) is 0 Å². The molecule has 110 valence electrons. The maximum Gasteiger partial charge on any atom is 0.0353 e. The minimum atomic E-state index is 0.594. The molecule has 2 heterocycles. The Hall–Kier alpha value is -0.860. The summed E-state index contributed by atoms with van der Waals surface area (Å²) in [5.41, 5.74) is 1.50. The van der Waals surface area contributed by atoms with E-state index in [1.807, 2.05) is 0 Å². The van der Waals surface area contributed by atoms with Gasteiger partial charge in [-0.3, -0.25) is 4.90 Å². The Balaban J connectivity index is 1.83. The second kappa shape index (κ2) is 5.87. The molecule has 2 fully saturated rings. The lowest BCUT2D eigenvalue weighted by Crippen LogP contribution is -2.37. The van der Waals surface area contributed by atoms with Crippen molar-refractivity contribution in [1.29, 1.82) is 0 Å². The second-order valence-corrected chi connectivity index (χ2v) is 7.08. The molecule has 0 spiro atoms. The zero-order valence-electron chi connectivity index (χ0n) is 13.0. The van der Waals surface area contributed by atoms with Crippen LogP contribution in [0.15, 0.2) is 30.3 Å². The fraction of sp³-hybridized carbons (Fsp3) is 0.667. The van der Waals surface area contributed by atoms with Crippen molar-refractivity contribution in [2.75, 3.05) is 19.6 Å². The minimum absolute atomic E-state index is 0.594. The molecule has 1 aromatic rings. The Kier molecular flexibility index (Phi) is 4.13. The third-order valence-corrected chi connectivity index (χ3v) is 5.26. The smallest absolute Gasteiger partial charge is 0.0353 e. The van der Waals surface area contributed by atoms with Crippen LogP contribution >= 0.6 is 0 Å². The van der Waals surface area contributed by atoms with E-state index in [4.69, 9.17) is 0 Å². The van der Waals surface area contributed by atoms with Gasteiger partial charge in [-0.1, -0.05) is 44.2 Å².